The van der Waals surface area contributed by atoms with Crippen molar-refractivity contribution >= 4 is 29.0 Å². The van der Waals surface area contributed by atoms with Gasteiger partial charge in [-0.1, -0.05) is 12.1 Å². The van der Waals surface area contributed by atoms with Crippen LogP contribution in [0.3, 0.4) is 0 Å². The van der Waals surface area contributed by atoms with E-state index in [1.54, 1.807) is 13.2 Å². The highest BCUT2D eigenvalue weighted by atomic mass is 32.2. The van der Waals surface area contributed by atoms with Gasteiger partial charge < -0.3 is 9.47 Å². The van der Waals surface area contributed by atoms with Crippen molar-refractivity contribution in [2.75, 3.05) is 7.11 Å². The van der Waals surface area contributed by atoms with Gasteiger partial charge in [-0.25, -0.2) is 0 Å². The number of hydrogen-bond acceptors (Lipinski definition) is 5. The van der Waals surface area contributed by atoms with Crippen LogP contribution in [0.2, 0.25) is 0 Å². The van der Waals surface area contributed by atoms with Crippen molar-refractivity contribution < 1.29 is 19.1 Å². The van der Waals surface area contributed by atoms with Crippen LogP contribution in [0.5, 0.6) is 17.2 Å². The van der Waals surface area contributed by atoms with Crippen molar-refractivity contribution in [2.24, 2.45) is 0 Å². The highest BCUT2D eigenvalue weighted by Gasteiger charge is 2.24. The van der Waals surface area contributed by atoms with E-state index in [0.717, 1.165) is 45.5 Å². The predicted octanol–water partition coefficient (Wildman–Crippen LogP) is 4.74. The largest absolute Gasteiger partial charge is 0.496 e. The van der Waals surface area contributed by atoms with E-state index < -0.39 is 0 Å². The number of rotatable bonds is 4. The first-order valence-electron chi connectivity index (χ1n) is 8.06. The Bertz CT molecular complexity index is 916. The Labute approximate surface area is 156 Å². The van der Waals surface area contributed by atoms with E-state index in [-0.39, 0.29) is 11.1 Å². The topological polar surface area (TPSA) is 64.6 Å². The van der Waals surface area contributed by atoms with Crippen LogP contribution >= 0.6 is 11.8 Å². The third-order valence-corrected chi connectivity index (χ3v) is 5.04. The van der Waals surface area contributed by atoms with Gasteiger partial charge in [-0.3, -0.25) is 14.9 Å². The number of carbonyl (C=O) groups excluding carboxylic acids is 2. The minimum Gasteiger partial charge on any atom is -0.496 e. The highest BCUT2D eigenvalue weighted by Crippen LogP contribution is 2.35. The molecule has 0 unspecified atom stereocenters. The molecule has 1 aliphatic rings. The zero-order valence-electron chi connectivity index (χ0n) is 15.0. The number of amides is 2. The fourth-order valence-corrected chi connectivity index (χ4v) is 3.46. The van der Waals surface area contributed by atoms with Gasteiger partial charge in [0.2, 0.25) is 0 Å². The third kappa shape index (κ3) is 3.60. The fraction of sp³-hybridized carbons (Fsp3) is 0.200. The molecule has 0 aliphatic carbocycles. The number of imide groups is 1. The second-order valence-electron chi connectivity index (χ2n) is 6.00. The minimum atomic E-state index is -0.361. The minimum absolute atomic E-state index is 0.345. The van der Waals surface area contributed by atoms with Crippen molar-refractivity contribution in [2.45, 2.75) is 20.8 Å². The molecule has 5 nitrogen and oxygen atoms in total. The van der Waals surface area contributed by atoms with Crippen molar-refractivity contribution in [1.82, 2.24) is 5.32 Å². The summed E-state index contributed by atoms with van der Waals surface area (Å²) in [5.74, 6) is 1.99. The van der Waals surface area contributed by atoms with Gasteiger partial charge in [0, 0.05) is 0 Å². The molecule has 2 amide bonds. The summed E-state index contributed by atoms with van der Waals surface area (Å²) >= 11 is 0.902. The lowest BCUT2D eigenvalue weighted by Gasteiger charge is -2.16. The van der Waals surface area contributed by atoms with Crippen molar-refractivity contribution in [3.63, 3.8) is 0 Å². The molecule has 1 N–H and O–H groups in total. The summed E-state index contributed by atoms with van der Waals surface area (Å²) in [7, 11) is 1.67. The molecule has 1 fully saturated rings. The van der Waals surface area contributed by atoms with E-state index in [2.05, 4.69) is 5.32 Å². The first-order valence-corrected chi connectivity index (χ1v) is 8.88. The van der Waals surface area contributed by atoms with Crippen molar-refractivity contribution in [3.8, 4) is 17.2 Å². The van der Waals surface area contributed by atoms with Crippen LogP contribution in [0.15, 0.2) is 35.2 Å². The molecular weight excluding hydrogens is 350 g/mol. The van der Waals surface area contributed by atoms with Crippen molar-refractivity contribution in [1.29, 1.82) is 0 Å². The zero-order chi connectivity index (χ0) is 18.8. The molecule has 0 atom stereocenters. The molecule has 1 aliphatic heterocycles. The Balaban J connectivity index is 1.81. The van der Waals surface area contributed by atoms with Crippen LogP contribution in [-0.4, -0.2) is 18.3 Å². The van der Waals surface area contributed by atoms with Gasteiger partial charge in [-0.2, -0.15) is 0 Å². The lowest BCUT2D eigenvalue weighted by molar-refractivity contribution is -0.115. The summed E-state index contributed by atoms with van der Waals surface area (Å²) in [4.78, 5) is 23.2. The number of carbonyl (C=O) groups is 2. The van der Waals surface area contributed by atoms with E-state index in [9.17, 15) is 9.59 Å². The summed E-state index contributed by atoms with van der Waals surface area (Å²) in [5.41, 5.74) is 3.92. The molecule has 134 valence electrons. The molecule has 26 heavy (non-hydrogen) atoms. The second-order valence-corrected chi connectivity index (χ2v) is 7.01. The first-order chi connectivity index (χ1) is 12.4. The average Bonchev–Trinajstić information content (AvgIpc) is 2.92. The summed E-state index contributed by atoms with van der Waals surface area (Å²) in [5, 5.41) is 1.89. The first kappa shape index (κ1) is 18.1. The van der Waals surface area contributed by atoms with Gasteiger partial charge in [0.25, 0.3) is 11.1 Å². The molecule has 2 aromatic rings. The molecule has 6 heteroatoms. The van der Waals surface area contributed by atoms with E-state index in [1.807, 2.05) is 51.1 Å². The number of aryl methyl sites for hydroxylation is 1. The van der Waals surface area contributed by atoms with E-state index in [0.29, 0.717) is 10.7 Å². The Morgan fingerprint density at radius 2 is 1.73 bits per heavy atom. The van der Waals surface area contributed by atoms with Crippen LogP contribution in [0.1, 0.15) is 22.3 Å². The molecular formula is C20H19NO4S. The smallest absolute Gasteiger partial charge is 0.290 e. The second kappa shape index (κ2) is 7.25. The summed E-state index contributed by atoms with van der Waals surface area (Å²) in [6, 6.07) is 9.32. The Hall–Kier alpha value is -2.73. The molecule has 1 saturated heterocycles. The molecule has 0 saturated carbocycles. The molecule has 0 spiro atoms. The zero-order valence-corrected chi connectivity index (χ0v) is 15.8. The summed E-state index contributed by atoms with van der Waals surface area (Å²) in [6.07, 6.45) is 1.68. The number of ether oxygens (including phenoxy) is 2. The van der Waals surface area contributed by atoms with Crippen LogP contribution in [-0.2, 0) is 4.79 Å². The standard InChI is InChI=1S/C20H19NO4S/c1-11-9-16(12(2)13(3)18(11)24-4)25-15-7-5-14(6-8-15)10-17-19(22)21-20(23)26-17/h5-10H,1-4H3,(H,21,22,23)/b17-10-. The van der Waals surface area contributed by atoms with E-state index in [1.165, 1.54) is 0 Å². The SMILES string of the molecule is COc1c(C)cc(Oc2ccc(/C=C3\SC(=O)NC3=O)cc2)c(C)c1C. The fourth-order valence-electron chi connectivity index (χ4n) is 2.77. The summed E-state index contributed by atoms with van der Waals surface area (Å²) < 4.78 is 11.5. The Morgan fingerprint density at radius 3 is 2.31 bits per heavy atom. The number of hydrogen-bond donors (Lipinski definition) is 1. The molecule has 2 aromatic carbocycles. The molecule has 0 radical (unpaired) electrons. The van der Waals surface area contributed by atoms with Crippen LogP contribution in [0, 0.1) is 20.8 Å². The van der Waals surface area contributed by atoms with E-state index >= 15 is 0 Å². The number of nitrogens with one attached hydrogen (secondary N) is 1. The van der Waals surface area contributed by atoms with Gasteiger partial charge in [0.15, 0.2) is 0 Å². The third-order valence-electron chi connectivity index (χ3n) is 4.23. The van der Waals surface area contributed by atoms with Crippen LogP contribution in [0.25, 0.3) is 6.08 Å². The van der Waals surface area contributed by atoms with Gasteiger partial charge in [0.1, 0.15) is 17.2 Å². The highest BCUT2D eigenvalue weighted by molar-refractivity contribution is 8.18. The maximum absolute atomic E-state index is 11.6. The van der Waals surface area contributed by atoms with Crippen LogP contribution in [0.4, 0.5) is 4.79 Å². The lowest BCUT2D eigenvalue weighted by atomic mass is 10.0. The van der Waals surface area contributed by atoms with Gasteiger partial charge in [-0.05, 0) is 79.1 Å². The van der Waals surface area contributed by atoms with Crippen LogP contribution < -0.4 is 14.8 Å². The molecule has 1 heterocycles. The lowest BCUT2D eigenvalue weighted by Crippen LogP contribution is -2.17. The predicted molar refractivity (Wildman–Crippen MR) is 103 cm³/mol. The van der Waals surface area contributed by atoms with Gasteiger partial charge in [0.05, 0.1) is 12.0 Å². The van der Waals surface area contributed by atoms with E-state index in [4.69, 9.17) is 9.47 Å². The molecule has 0 aromatic heterocycles. The number of benzene rings is 2. The maximum atomic E-state index is 11.6. The number of thioether (sulfide) groups is 1. The normalized spacial score (nSPS) is 15.3. The molecule has 0 bridgehead atoms. The number of methoxy groups -OCH3 is 1. The van der Waals surface area contributed by atoms with Gasteiger partial charge >= 0.3 is 0 Å². The Kier molecular flexibility index (Phi) is 5.04. The molecule has 3 rings (SSSR count). The quantitative estimate of drug-likeness (QED) is 0.789. The maximum Gasteiger partial charge on any atom is 0.290 e. The Morgan fingerprint density at radius 1 is 1.04 bits per heavy atom. The summed E-state index contributed by atoms with van der Waals surface area (Å²) in [6.45, 7) is 5.99. The monoisotopic (exact) mass is 369 g/mol. The van der Waals surface area contributed by atoms with Crippen molar-refractivity contribution in [3.05, 3.63) is 57.5 Å². The van der Waals surface area contributed by atoms with Gasteiger partial charge in [-0.15, -0.1) is 0 Å². The average molecular weight is 369 g/mol.